The zero-order valence-corrected chi connectivity index (χ0v) is 9.30. The maximum Gasteiger partial charge on any atom is 0.153 e. The van der Waals surface area contributed by atoms with Gasteiger partial charge in [0.15, 0.2) is 5.82 Å². The first-order chi connectivity index (χ1) is 8.08. The topological polar surface area (TPSA) is 50.9 Å². The van der Waals surface area contributed by atoms with Crippen molar-refractivity contribution >= 4 is 28.8 Å². The van der Waals surface area contributed by atoms with Crippen molar-refractivity contribution in [2.45, 2.75) is 0 Å². The normalized spacial score (nSPS) is 10.3. The zero-order chi connectivity index (χ0) is 12.4. The molecule has 0 aliphatic heterocycles. The Hall–Kier alpha value is -1.88. The number of nitrogens with one attached hydrogen (secondary N) is 1. The molecule has 2 aromatic rings. The van der Waals surface area contributed by atoms with E-state index in [0.717, 1.165) is 12.1 Å². The summed E-state index contributed by atoms with van der Waals surface area (Å²) in [6, 6.07) is 5.42. The van der Waals surface area contributed by atoms with Gasteiger partial charge in [0.1, 0.15) is 16.7 Å². The largest absolute Gasteiger partial charge is 0.396 e. The minimum absolute atomic E-state index is 0.190. The molecule has 1 aromatic carbocycles. The summed E-state index contributed by atoms with van der Waals surface area (Å²) >= 11 is 5.37. The van der Waals surface area contributed by atoms with Gasteiger partial charge in [-0.25, -0.2) is 13.8 Å². The Kier molecular flexibility index (Phi) is 3.10. The monoisotopic (exact) mass is 255 g/mol. The number of benzene rings is 1. The quantitative estimate of drug-likeness (QED) is 0.809. The van der Waals surface area contributed by atoms with Crippen LogP contribution in [0, 0.1) is 11.6 Å². The van der Waals surface area contributed by atoms with Crippen molar-refractivity contribution < 1.29 is 8.78 Å². The second-order valence-electron chi connectivity index (χ2n) is 3.32. The van der Waals surface area contributed by atoms with Crippen molar-refractivity contribution in [1.82, 2.24) is 4.98 Å². The summed E-state index contributed by atoms with van der Waals surface area (Å²) in [7, 11) is 0. The fraction of sp³-hybridized carbons (Fsp3) is 0. The highest BCUT2D eigenvalue weighted by molar-refractivity contribution is 6.31. The molecule has 0 saturated carbocycles. The van der Waals surface area contributed by atoms with Gasteiger partial charge in [-0.3, -0.25) is 0 Å². The van der Waals surface area contributed by atoms with Crippen LogP contribution < -0.4 is 11.1 Å². The van der Waals surface area contributed by atoms with Crippen molar-refractivity contribution in [1.29, 1.82) is 0 Å². The molecule has 17 heavy (non-hydrogen) atoms. The van der Waals surface area contributed by atoms with E-state index in [-0.39, 0.29) is 5.69 Å². The SMILES string of the molecule is Nc1cccnc1Nc1cc(F)c(Cl)c(F)c1. The van der Waals surface area contributed by atoms with Crippen molar-refractivity contribution in [3.05, 3.63) is 47.1 Å². The third-order valence-electron chi connectivity index (χ3n) is 2.09. The molecule has 88 valence electrons. The van der Waals surface area contributed by atoms with E-state index in [0.29, 0.717) is 11.5 Å². The van der Waals surface area contributed by atoms with Crippen molar-refractivity contribution in [2.75, 3.05) is 11.1 Å². The molecule has 0 unspecified atom stereocenters. The molecule has 6 heteroatoms. The van der Waals surface area contributed by atoms with Crippen LogP contribution >= 0.6 is 11.6 Å². The molecular weight excluding hydrogens is 248 g/mol. The first-order valence-electron chi connectivity index (χ1n) is 4.70. The van der Waals surface area contributed by atoms with E-state index in [1.54, 1.807) is 12.1 Å². The minimum Gasteiger partial charge on any atom is -0.396 e. The second kappa shape index (κ2) is 4.55. The van der Waals surface area contributed by atoms with E-state index in [2.05, 4.69) is 10.3 Å². The minimum atomic E-state index is -0.844. The summed E-state index contributed by atoms with van der Waals surface area (Å²) in [5.74, 6) is -1.36. The summed E-state index contributed by atoms with van der Waals surface area (Å²) in [6.07, 6.45) is 1.52. The van der Waals surface area contributed by atoms with Crippen molar-refractivity contribution in [3.8, 4) is 0 Å². The number of hydrogen-bond donors (Lipinski definition) is 2. The molecule has 0 atom stereocenters. The van der Waals surface area contributed by atoms with Crippen LogP contribution in [0.5, 0.6) is 0 Å². The summed E-state index contributed by atoms with van der Waals surface area (Å²) < 4.78 is 26.4. The number of pyridine rings is 1. The van der Waals surface area contributed by atoms with Gasteiger partial charge in [-0.1, -0.05) is 11.6 Å². The van der Waals surface area contributed by atoms with E-state index >= 15 is 0 Å². The maximum atomic E-state index is 13.2. The molecule has 1 heterocycles. The molecule has 1 aromatic heterocycles. The average molecular weight is 256 g/mol. The molecule has 0 aliphatic rings. The number of anilines is 3. The second-order valence-corrected chi connectivity index (χ2v) is 3.70. The first-order valence-corrected chi connectivity index (χ1v) is 5.08. The van der Waals surface area contributed by atoms with Gasteiger partial charge in [0, 0.05) is 11.9 Å². The molecular formula is C11H8ClF2N3. The lowest BCUT2D eigenvalue weighted by Gasteiger charge is -2.08. The number of halogens is 3. The average Bonchev–Trinajstić information content (AvgIpc) is 2.29. The number of hydrogen-bond acceptors (Lipinski definition) is 3. The fourth-order valence-corrected chi connectivity index (χ4v) is 1.40. The number of nitrogen functional groups attached to an aromatic ring is 1. The third kappa shape index (κ3) is 2.45. The molecule has 0 bridgehead atoms. The van der Waals surface area contributed by atoms with Crippen LogP contribution in [-0.2, 0) is 0 Å². The standard InChI is InChI=1S/C11H8ClF2N3/c12-10-7(13)4-6(5-8(10)14)17-11-9(15)2-1-3-16-11/h1-5H,15H2,(H,16,17). The molecule has 0 amide bonds. The van der Waals surface area contributed by atoms with Crippen molar-refractivity contribution in [2.24, 2.45) is 0 Å². The van der Waals surface area contributed by atoms with Crippen LogP contribution in [-0.4, -0.2) is 4.98 Å². The predicted octanol–water partition coefficient (Wildman–Crippen LogP) is 3.34. The Balaban J connectivity index is 2.34. The summed E-state index contributed by atoms with van der Waals surface area (Å²) in [5, 5.41) is 2.17. The Morgan fingerprint density at radius 3 is 2.47 bits per heavy atom. The molecule has 0 saturated heterocycles. The van der Waals surface area contributed by atoms with Crippen LogP contribution in [0.3, 0.4) is 0 Å². The molecule has 0 aliphatic carbocycles. The lowest BCUT2D eigenvalue weighted by molar-refractivity contribution is 0.585. The van der Waals surface area contributed by atoms with Crippen LogP contribution in [0.1, 0.15) is 0 Å². The van der Waals surface area contributed by atoms with Gasteiger partial charge in [0.2, 0.25) is 0 Å². The molecule has 3 nitrogen and oxygen atoms in total. The van der Waals surface area contributed by atoms with Gasteiger partial charge in [0.25, 0.3) is 0 Å². The highest BCUT2D eigenvalue weighted by atomic mass is 35.5. The van der Waals surface area contributed by atoms with E-state index in [1.807, 2.05) is 0 Å². The lowest BCUT2D eigenvalue weighted by atomic mass is 10.3. The number of nitrogens with two attached hydrogens (primary N) is 1. The third-order valence-corrected chi connectivity index (χ3v) is 2.45. The zero-order valence-electron chi connectivity index (χ0n) is 8.55. The maximum absolute atomic E-state index is 13.2. The smallest absolute Gasteiger partial charge is 0.153 e. The van der Waals surface area contributed by atoms with Crippen LogP contribution in [0.15, 0.2) is 30.5 Å². The highest BCUT2D eigenvalue weighted by Gasteiger charge is 2.09. The Morgan fingerprint density at radius 2 is 1.88 bits per heavy atom. The summed E-state index contributed by atoms with van der Waals surface area (Å²) in [6.45, 7) is 0. The van der Waals surface area contributed by atoms with Crippen LogP contribution in [0.2, 0.25) is 5.02 Å². The van der Waals surface area contributed by atoms with Crippen LogP contribution in [0.25, 0.3) is 0 Å². The number of rotatable bonds is 2. The van der Waals surface area contributed by atoms with E-state index < -0.39 is 16.7 Å². The summed E-state index contributed by atoms with van der Waals surface area (Å²) in [4.78, 5) is 3.94. The van der Waals surface area contributed by atoms with Gasteiger partial charge in [-0.15, -0.1) is 0 Å². The lowest BCUT2D eigenvalue weighted by Crippen LogP contribution is -1.99. The van der Waals surface area contributed by atoms with Gasteiger partial charge in [-0.05, 0) is 24.3 Å². The molecule has 0 spiro atoms. The van der Waals surface area contributed by atoms with E-state index in [1.165, 1.54) is 6.20 Å². The summed E-state index contributed by atoms with van der Waals surface area (Å²) in [5.41, 5.74) is 6.20. The fourth-order valence-electron chi connectivity index (χ4n) is 1.29. The van der Waals surface area contributed by atoms with E-state index in [4.69, 9.17) is 17.3 Å². The predicted molar refractivity (Wildman–Crippen MR) is 63.3 cm³/mol. The van der Waals surface area contributed by atoms with Gasteiger partial charge < -0.3 is 11.1 Å². The molecule has 0 fully saturated rings. The molecule has 2 rings (SSSR count). The van der Waals surface area contributed by atoms with Gasteiger partial charge >= 0.3 is 0 Å². The van der Waals surface area contributed by atoms with E-state index in [9.17, 15) is 8.78 Å². The Labute approximate surface area is 101 Å². The number of nitrogens with zero attached hydrogens (tertiary/aromatic N) is 1. The molecule has 0 radical (unpaired) electrons. The van der Waals surface area contributed by atoms with Crippen LogP contribution in [0.4, 0.5) is 26.0 Å². The van der Waals surface area contributed by atoms with Gasteiger partial charge in [0.05, 0.1) is 5.69 Å². The molecule has 3 N–H and O–H groups in total. The number of aromatic nitrogens is 1. The van der Waals surface area contributed by atoms with Crippen molar-refractivity contribution in [3.63, 3.8) is 0 Å². The van der Waals surface area contributed by atoms with Gasteiger partial charge in [-0.2, -0.15) is 0 Å². The Morgan fingerprint density at radius 1 is 1.24 bits per heavy atom. The highest BCUT2D eigenvalue weighted by Crippen LogP contribution is 2.26. The first kappa shape index (κ1) is 11.6. The Bertz CT molecular complexity index is 537.